The highest BCUT2D eigenvalue weighted by Gasteiger charge is 2.41. The van der Waals surface area contributed by atoms with Crippen molar-refractivity contribution >= 4 is 16.6 Å². The van der Waals surface area contributed by atoms with Gasteiger partial charge in [0.25, 0.3) is 0 Å². The maximum atomic E-state index is 14.9. The molecule has 7 nitrogen and oxygen atoms in total. The van der Waals surface area contributed by atoms with Crippen molar-refractivity contribution < 1.29 is 13.9 Å². The van der Waals surface area contributed by atoms with E-state index in [4.69, 9.17) is 5.10 Å². The van der Waals surface area contributed by atoms with Crippen molar-refractivity contribution in [2.75, 3.05) is 18.0 Å². The fourth-order valence-corrected chi connectivity index (χ4v) is 4.54. The van der Waals surface area contributed by atoms with Crippen LogP contribution in [-0.2, 0) is 12.1 Å². The molecule has 0 saturated heterocycles. The van der Waals surface area contributed by atoms with Gasteiger partial charge < -0.3 is 10.0 Å². The third-order valence-corrected chi connectivity index (χ3v) is 6.70. The van der Waals surface area contributed by atoms with Gasteiger partial charge in [0.1, 0.15) is 29.9 Å². The molecule has 1 N–H and O–H groups in total. The second kappa shape index (κ2) is 10.7. The summed E-state index contributed by atoms with van der Waals surface area (Å²) in [6.45, 7) is 10.2. The lowest BCUT2D eigenvalue weighted by Crippen LogP contribution is -2.40. The number of aromatic nitrogens is 5. The first-order chi connectivity index (χ1) is 17.2. The molecular weight excluding hydrogens is 462 g/mol. The van der Waals surface area contributed by atoms with Crippen LogP contribution in [0.1, 0.15) is 52.1 Å². The van der Waals surface area contributed by atoms with Crippen LogP contribution in [-0.4, -0.2) is 42.7 Å². The van der Waals surface area contributed by atoms with Crippen molar-refractivity contribution in [3.8, 4) is 0 Å². The highest BCUT2D eigenvalue weighted by Crippen LogP contribution is 2.37. The molecule has 0 spiro atoms. The Balaban J connectivity index is 1.71. The Morgan fingerprint density at radius 3 is 2.56 bits per heavy atom. The van der Waals surface area contributed by atoms with Crippen LogP contribution in [0.25, 0.3) is 10.9 Å². The number of benzene rings is 2. The van der Waals surface area contributed by atoms with Crippen LogP contribution in [0, 0.1) is 17.6 Å². The Hall–Kier alpha value is -3.33. The SMILES string of the molecule is CCCN(CCC(C)C)c1ccc2nn([C@H](C)[C@](O)(Cn3cncn3)c3ccc(F)cc3F)cc2c1. The maximum Gasteiger partial charge on any atom is 0.137 e. The van der Waals surface area contributed by atoms with Crippen LogP contribution < -0.4 is 4.90 Å². The molecule has 0 aliphatic carbocycles. The Bertz CT molecular complexity index is 1290. The smallest absolute Gasteiger partial charge is 0.137 e. The van der Waals surface area contributed by atoms with Crippen LogP contribution in [0.15, 0.2) is 55.2 Å². The minimum absolute atomic E-state index is 0.0325. The van der Waals surface area contributed by atoms with E-state index >= 15 is 0 Å². The summed E-state index contributed by atoms with van der Waals surface area (Å²) in [5.74, 6) is -0.923. The van der Waals surface area contributed by atoms with Gasteiger partial charge in [-0.2, -0.15) is 10.2 Å². The highest BCUT2D eigenvalue weighted by molar-refractivity contribution is 5.82. The van der Waals surface area contributed by atoms with Crippen LogP contribution in [0.5, 0.6) is 0 Å². The summed E-state index contributed by atoms with van der Waals surface area (Å²) >= 11 is 0. The van der Waals surface area contributed by atoms with Gasteiger partial charge in [0.2, 0.25) is 0 Å². The third-order valence-electron chi connectivity index (χ3n) is 6.70. The number of aliphatic hydroxyl groups is 1. The number of hydrogen-bond donors (Lipinski definition) is 1. The molecule has 0 aliphatic heterocycles. The van der Waals surface area contributed by atoms with Crippen molar-refractivity contribution in [1.29, 1.82) is 0 Å². The first-order valence-electron chi connectivity index (χ1n) is 12.5. The minimum Gasteiger partial charge on any atom is -0.381 e. The van der Waals surface area contributed by atoms with Crippen molar-refractivity contribution in [3.63, 3.8) is 0 Å². The van der Waals surface area contributed by atoms with E-state index in [0.29, 0.717) is 5.92 Å². The Labute approximate surface area is 210 Å². The molecule has 4 rings (SSSR count). The number of halogens is 2. The average molecular weight is 497 g/mol. The zero-order valence-corrected chi connectivity index (χ0v) is 21.3. The van der Waals surface area contributed by atoms with Gasteiger partial charge in [0.05, 0.1) is 18.1 Å². The van der Waals surface area contributed by atoms with E-state index in [9.17, 15) is 13.9 Å². The number of anilines is 1. The van der Waals surface area contributed by atoms with E-state index in [1.54, 1.807) is 11.6 Å². The minimum atomic E-state index is -1.78. The maximum absolute atomic E-state index is 14.9. The molecule has 192 valence electrons. The molecule has 4 aromatic rings. The van der Waals surface area contributed by atoms with E-state index in [1.165, 1.54) is 23.4 Å². The lowest BCUT2D eigenvalue weighted by atomic mass is 9.86. The molecule has 0 radical (unpaired) electrons. The molecule has 0 amide bonds. The van der Waals surface area contributed by atoms with Gasteiger partial charge >= 0.3 is 0 Å². The predicted molar refractivity (Wildman–Crippen MR) is 137 cm³/mol. The molecule has 36 heavy (non-hydrogen) atoms. The van der Waals surface area contributed by atoms with E-state index in [2.05, 4.69) is 47.9 Å². The van der Waals surface area contributed by atoms with Crippen LogP contribution in [0.3, 0.4) is 0 Å². The van der Waals surface area contributed by atoms with Crippen LogP contribution in [0.4, 0.5) is 14.5 Å². The third kappa shape index (κ3) is 5.41. The lowest BCUT2D eigenvalue weighted by Gasteiger charge is -2.34. The molecule has 9 heteroatoms. The van der Waals surface area contributed by atoms with Crippen molar-refractivity contribution in [3.05, 3.63) is 72.4 Å². The Morgan fingerprint density at radius 2 is 1.89 bits per heavy atom. The molecule has 0 saturated carbocycles. The number of hydrogen-bond acceptors (Lipinski definition) is 5. The van der Waals surface area contributed by atoms with Gasteiger partial charge in [-0.05, 0) is 49.9 Å². The Morgan fingerprint density at radius 1 is 1.08 bits per heavy atom. The standard InChI is InChI=1S/C27H34F2N6O/c1-5-11-33(12-10-19(2)3)23-7-9-26-21(13-23)15-35(32-26)20(4)27(36,16-34-18-30-17-31-34)24-8-6-22(28)14-25(24)29/h6-9,13-15,17-20,36H,5,10-12,16H2,1-4H3/t20-,27-/m1/s1. The molecule has 2 atom stereocenters. The molecular formula is C27H34F2N6O. The first-order valence-corrected chi connectivity index (χ1v) is 12.5. The van der Waals surface area contributed by atoms with E-state index < -0.39 is 23.3 Å². The van der Waals surface area contributed by atoms with Gasteiger partial charge in [0.15, 0.2) is 0 Å². The number of nitrogens with zero attached hydrogens (tertiary/aromatic N) is 6. The summed E-state index contributed by atoms with van der Waals surface area (Å²) in [4.78, 5) is 6.31. The van der Waals surface area contributed by atoms with Gasteiger partial charge in [-0.25, -0.2) is 18.4 Å². The van der Waals surface area contributed by atoms with Gasteiger partial charge in [-0.1, -0.05) is 26.8 Å². The second-order valence-electron chi connectivity index (χ2n) is 9.84. The van der Waals surface area contributed by atoms with Crippen LogP contribution in [0.2, 0.25) is 0 Å². The second-order valence-corrected chi connectivity index (χ2v) is 9.84. The van der Waals surface area contributed by atoms with Crippen molar-refractivity contribution in [2.24, 2.45) is 5.92 Å². The summed E-state index contributed by atoms with van der Waals surface area (Å²) in [6, 6.07) is 8.64. The summed E-state index contributed by atoms with van der Waals surface area (Å²) in [6.07, 6.45) is 6.81. The molecule has 0 bridgehead atoms. The van der Waals surface area contributed by atoms with Crippen molar-refractivity contribution in [2.45, 2.75) is 58.7 Å². The molecule has 0 unspecified atom stereocenters. The van der Waals surface area contributed by atoms with Crippen molar-refractivity contribution in [1.82, 2.24) is 24.5 Å². The molecule has 0 aliphatic rings. The van der Waals surface area contributed by atoms with E-state index in [-0.39, 0.29) is 12.1 Å². The van der Waals surface area contributed by atoms with E-state index in [0.717, 1.165) is 54.7 Å². The number of fused-ring (bicyclic) bond motifs is 1. The monoisotopic (exact) mass is 496 g/mol. The van der Waals surface area contributed by atoms with E-state index in [1.807, 2.05) is 12.3 Å². The topological polar surface area (TPSA) is 72.0 Å². The molecule has 2 heterocycles. The summed E-state index contributed by atoms with van der Waals surface area (Å²) in [5, 5.41) is 21.6. The summed E-state index contributed by atoms with van der Waals surface area (Å²) in [7, 11) is 0. The molecule has 2 aromatic heterocycles. The quantitative estimate of drug-likeness (QED) is 0.304. The highest BCUT2D eigenvalue weighted by atomic mass is 19.1. The Kier molecular flexibility index (Phi) is 7.68. The predicted octanol–water partition coefficient (Wildman–Crippen LogP) is 5.32. The van der Waals surface area contributed by atoms with Gasteiger partial charge in [-0.3, -0.25) is 4.68 Å². The normalized spacial score (nSPS) is 14.3. The average Bonchev–Trinajstić information content (AvgIpc) is 3.50. The largest absolute Gasteiger partial charge is 0.381 e. The zero-order valence-electron chi connectivity index (χ0n) is 21.3. The lowest BCUT2D eigenvalue weighted by molar-refractivity contribution is -0.0366. The first kappa shape index (κ1) is 25.8. The fraction of sp³-hybridized carbons (Fsp3) is 0.444. The fourth-order valence-electron chi connectivity index (χ4n) is 4.54. The number of rotatable bonds is 11. The molecule has 2 aromatic carbocycles. The summed E-state index contributed by atoms with van der Waals surface area (Å²) < 4.78 is 31.7. The van der Waals surface area contributed by atoms with Gasteiger partial charge in [-0.15, -0.1) is 0 Å². The molecule has 0 fully saturated rings. The summed E-state index contributed by atoms with van der Waals surface area (Å²) in [5.41, 5.74) is 0.0882. The zero-order chi connectivity index (χ0) is 25.9. The van der Waals surface area contributed by atoms with Crippen LogP contribution >= 0.6 is 0 Å². The van der Waals surface area contributed by atoms with Gasteiger partial charge in [0, 0.05) is 42.0 Å².